The van der Waals surface area contributed by atoms with Crippen molar-refractivity contribution in [1.82, 2.24) is 10.4 Å². The van der Waals surface area contributed by atoms with E-state index >= 15 is 0 Å². The molecular formula is C15H20N2O2. The van der Waals surface area contributed by atoms with Crippen molar-refractivity contribution in [3.8, 4) is 0 Å². The molecule has 1 aromatic carbocycles. The first kappa shape index (κ1) is 15.0. The lowest BCUT2D eigenvalue weighted by Crippen LogP contribution is -2.55. The number of carbonyl (C=O) groups excluding carboxylic acids is 2. The molecule has 1 aromatic rings. The van der Waals surface area contributed by atoms with E-state index in [-0.39, 0.29) is 18.2 Å². The number of nitrogens with one attached hydrogen (secondary N) is 1. The molecule has 0 aliphatic carbocycles. The summed E-state index contributed by atoms with van der Waals surface area (Å²) in [6, 6.07) is 8.80. The first-order valence-corrected chi connectivity index (χ1v) is 6.16. The van der Waals surface area contributed by atoms with Crippen molar-refractivity contribution < 1.29 is 9.59 Å². The van der Waals surface area contributed by atoms with Gasteiger partial charge in [0, 0.05) is 12.0 Å². The van der Waals surface area contributed by atoms with E-state index in [9.17, 15) is 9.59 Å². The summed E-state index contributed by atoms with van der Waals surface area (Å²) < 4.78 is 0. The molecule has 0 atom stereocenters. The number of benzene rings is 1. The molecule has 0 aromatic heterocycles. The van der Waals surface area contributed by atoms with Crippen LogP contribution < -0.4 is 5.43 Å². The molecule has 102 valence electrons. The van der Waals surface area contributed by atoms with Gasteiger partial charge in [0.1, 0.15) is 0 Å². The fourth-order valence-corrected chi connectivity index (χ4v) is 1.57. The quantitative estimate of drug-likeness (QED) is 0.670. The third-order valence-electron chi connectivity index (χ3n) is 2.49. The van der Waals surface area contributed by atoms with Crippen LogP contribution in [0, 0.1) is 0 Å². The molecule has 0 saturated heterocycles. The summed E-state index contributed by atoms with van der Waals surface area (Å²) in [5.41, 5.74) is 2.68. The Kier molecular flexibility index (Phi) is 4.87. The Morgan fingerprint density at radius 1 is 1.26 bits per heavy atom. The Hall–Kier alpha value is -2.10. The fourth-order valence-electron chi connectivity index (χ4n) is 1.57. The van der Waals surface area contributed by atoms with Crippen LogP contribution in [-0.2, 0) is 4.79 Å². The van der Waals surface area contributed by atoms with Crippen LogP contribution >= 0.6 is 0 Å². The number of carbonyl (C=O) groups is 2. The minimum atomic E-state index is -0.496. The zero-order valence-corrected chi connectivity index (χ0v) is 11.6. The van der Waals surface area contributed by atoms with E-state index in [1.54, 1.807) is 24.3 Å². The lowest BCUT2D eigenvalue weighted by molar-refractivity contribution is -0.138. The highest BCUT2D eigenvalue weighted by Crippen LogP contribution is 2.13. The predicted molar refractivity (Wildman–Crippen MR) is 75.3 cm³/mol. The van der Waals surface area contributed by atoms with Crippen molar-refractivity contribution in [2.24, 2.45) is 0 Å². The molecule has 0 unspecified atom stereocenters. The molecule has 1 N–H and O–H groups in total. The Labute approximate surface area is 114 Å². The van der Waals surface area contributed by atoms with Gasteiger partial charge in [-0.2, -0.15) is 0 Å². The van der Waals surface area contributed by atoms with Crippen molar-refractivity contribution in [2.45, 2.75) is 32.7 Å². The highest BCUT2D eigenvalue weighted by atomic mass is 16.2. The lowest BCUT2D eigenvalue weighted by atomic mass is 10.1. The zero-order valence-electron chi connectivity index (χ0n) is 11.6. The van der Waals surface area contributed by atoms with E-state index in [4.69, 9.17) is 0 Å². The molecule has 0 saturated carbocycles. The first-order chi connectivity index (χ1) is 8.86. The number of rotatable bonds is 3. The van der Waals surface area contributed by atoms with Crippen molar-refractivity contribution in [2.75, 3.05) is 0 Å². The Morgan fingerprint density at radius 2 is 1.84 bits per heavy atom. The van der Waals surface area contributed by atoms with E-state index in [0.717, 1.165) is 0 Å². The van der Waals surface area contributed by atoms with Gasteiger partial charge in [0.15, 0.2) is 0 Å². The van der Waals surface area contributed by atoms with E-state index < -0.39 is 5.54 Å². The van der Waals surface area contributed by atoms with Gasteiger partial charge in [-0.3, -0.25) is 15.0 Å². The number of hydrogen-bond donors (Lipinski definition) is 1. The zero-order chi connectivity index (χ0) is 14.5. The first-order valence-electron chi connectivity index (χ1n) is 6.16. The van der Waals surface area contributed by atoms with Crippen molar-refractivity contribution in [1.29, 1.82) is 0 Å². The van der Waals surface area contributed by atoms with Gasteiger partial charge < -0.3 is 0 Å². The maximum atomic E-state index is 12.1. The van der Waals surface area contributed by atoms with Crippen LogP contribution in [0.2, 0.25) is 0 Å². The molecule has 0 bridgehead atoms. The minimum absolute atomic E-state index is 0.187. The summed E-state index contributed by atoms with van der Waals surface area (Å²) in [6.45, 7) is 9.12. The summed E-state index contributed by atoms with van der Waals surface area (Å²) in [6.07, 6.45) is 1.71. The smallest absolute Gasteiger partial charge is 0.269 e. The van der Waals surface area contributed by atoms with Crippen LogP contribution in [-0.4, -0.2) is 22.4 Å². The van der Waals surface area contributed by atoms with Gasteiger partial charge in [-0.25, -0.2) is 5.01 Å². The molecule has 0 spiro atoms. The molecule has 0 fully saturated rings. The second-order valence-electron chi connectivity index (χ2n) is 5.20. The Balaban J connectivity index is 2.87. The molecule has 19 heavy (non-hydrogen) atoms. The van der Waals surface area contributed by atoms with Crippen LogP contribution in [0.25, 0.3) is 0 Å². The van der Waals surface area contributed by atoms with E-state index in [1.165, 1.54) is 11.1 Å². The lowest BCUT2D eigenvalue weighted by Gasteiger charge is -2.35. The molecule has 0 radical (unpaired) electrons. The van der Waals surface area contributed by atoms with Gasteiger partial charge in [-0.05, 0) is 32.9 Å². The summed E-state index contributed by atoms with van der Waals surface area (Å²) >= 11 is 0. The van der Waals surface area contributed by atoms with Gasteiger partial charge >= 0.3 is 0 Å². The van der Waals surface area contributed by atoms with Gasteiger partial charge in [-0.15, -0.1) is 6.58 Å². The molecular weight excluding hydrogens is 240 g/mol. The molecule has 2 amide bonds. The average molecular weight is 260 g/mol. The molecule has 1 rings (SSSR count). The van der Waals surface area contributed by atoms with Crippen LogP contribution in [0.5, 0.6) is 0 Å². The van der Waals surface area contributed by atoms with Crippen molar-refractivity contribution >= 4 is 11.8 Å². The number of amides is 2. The van der Waals surface area contributed by atoms with Crippen molar-refractivity contribution in [3.63, 3.8) is 0 Å². The second kappa shape index (κ2) is 6.18. The highest BCUT2D eigenvalue weighted by molar-refractivity contribution is 5.95. The average Bonchev–Trinajstić information content (AvgIpc) is 2.35. The van der Waals surface area contributed by atoms with E-state index in [2.05, 4.69) is 12.0 Å². The Morgan fingerprint density at radius 3 is 2.32 bits per heavy atom. The van der Waals surface area contributed by atoms with Gasteiger partial charge in [0.25, 0.3) is 5.91 Å². The van der Waals surface area contributed by atoms with Crippen LogP contribution in [0.3, 0.4) is 0 Å². The highest BCUT2D eigenvalue weighted by Gasteiger charge is 2.27. The van der Waals surface area contributed by atoms with E-state index in [1.807, 2.05) is 26.8 Å². The number of hydrazine groups is 1. The van der Waals surface area contributed by atoms with Crippen LogP contribution in [0.4, 0.5) is 0 Å². The maximum absolute atomic E-state index is 12.1. The molecule has 0 aliphatic heterocycles. The SMILES string of the molecule is C=CCC(=O)N(NC(=O)c1ccccc1)C(C)(C)C. The topological polar surface area (TPSA) is 49.4 Å². The molecule has 0 aliphatic rings. The van der Waals surface area contributed by atoms with Crippen molar-refractivity contribution in [3.05, 3.63) is 48.6 Å². The summed E-state index contributed by atoms with van der Waals surface area (Å²) in [5.74, 6) is -0.486. The molecule has 4 heteroatoms. The second-order valence-corrected chi connectivity index (χ2v) is 5.20. The normalized spacial score (nSPS) is 10.7. The molecule has 0 heterocycles. The molecule has 4 nitrogen and oxygen atoms in total. The van der Waals surface area contributed by atoms with Gasteiger partial charge in [0.2, 0.25) is 5.91 Å². The predicted octanol–water partition coefficient (Wildman–Crippen LogP) is 2.53. The Bertz CT molecular complexity index is 461. The van der Waals surface area contributed by atoms with E-state index in [0.29, 0.717) is 5.56 Å². The standard InChI is InChI=1S/C15H20N2O2/c1-5-9-13(18)17(15(2,3)4)16-14(19)12-10-7-6-8-11-12/h5-8,10-11H,1,9H2,2-4H3,(H,16,19). The monoisotopic (exact) mass is 260 g/mol. The largest absolute Gasteiger partial charge is 0.273 e. The minimum Gasteiger partial charge on any atom is -0.273 e. The van der Waals surface area contributed by atoms with Gasteiger partial charge in [0.05, 0.1) is 5.54 Å². The third-order valence-corrected chi connectivity index (χ3v) is 2.49. The third kappa shape index (κ3) is 4.25. The summed E-state index contributed by atoms with van der Waals surface area (Å²) in [5, 5.41) is 1.35. The fraction of sp³-hybridized carbons (Fsp3) is 0.333. The van der Waals surface area contributed by atoms with Gasteiger partial charge in [-0.1, -0.05) is 24.3 Å². The number of hydrogen-bond acceptors (Lipinski definition) is 2. The number of nitrogens with zero attached hydrogens (tertiary/aromatic N) is 1. The van der Waals surface area contributed by atoms with Crippen LogP contribution in [0.15, 0.2) is 43.0 Å². The summed E-state index contributed by atoms with van der Waals surface area (Å²) in [4.78, 5) is 24.1. The summed E-state index contributed by atoms with van der Waals surface area (Å²) in [7, 11) is 0. The maximum Gasteiger partial charge on any atom is 0.269 e. The van der Waals surface area contributed by atoms with Crippen LogP contribution in [0.1, 0.15) is 37.6 Å².